The van der Waals surface area contributed by atoms with Crippen LogP contribution in [0.25, 0.3) is 10.6 Å². The molecule has 1 aliphatic heterocycles. The third kappa shape index (κ3) is 1.69. The highest BCUT2D eigenvalue weighted by Crippen LogP contribution is 2.32. The van der Waals surface area contributed by atoms with E-state index in [1.54, 1.807) is 22.7 Å². The van der Waals surface area contributed by atoms with Crippen LogP contribution in [0.3, 0.4) is 0 Å². The van der Waals surface area contributed by atoms with E-state index < -0.39 is 0 Å². The van der Waals surface area contributed by atoms with Crippen LogP contribution in [-0.2, 0) is 10.3 Å². The fourth-order valence-corrected chi connectivity index (χ4v) is 3.44. The summed E-state index contributed by atoms with van der Waals surface area (Å²) in [5.41, 5.74) is 8.05. The van der Waals surface area contributed by atoms with Gasteiger partial charge in [0.1, 0.15) is 5.01 Å². The average molecular weight is 252 g/mol. The van der Waals surface area contributed by atoms with Gasteiger partial charge >= 0.3 is 0 Å². The van der Waals surface area contributed by atoms with Gasteiger partial charge in [0.15, 0.2) is 0 Å². The molecule has 84 valence electrons. The number of aromatic nitrogens is 1. The van der Waals surface area contributed by atoms with E-state index in [0.717, 1.165) is 23.7 Å². The molecule has 2 aromatic rings. The maximum Gasteiger partial charge on any atom is 0.124 e. The van der Waals surface area contributed by atoms with Crippen molar-refractivity contribution in [1.29, 1.82) is 0 Å². The van der Waals surface area contributed by atoms with Crippen molar-refractivity contribution in [3.8, 4) is 10.6 Å². The standard InChI is InChI=1S/C11H12N2OS2/c12-11(2-3-14-7-11)9-6-16-10(13-9)8-1-4-15-5-8/h1,4-6H,2-3,7,12H2. The molecule has 0 saturated carbocycles. The topological polar surface area (TPSA) is 48.1 Å². The summed E-state index contributed by atoms with van der Waals surface area (Å²) in [6.07, 6.45) is 0.861. The van der Waals surface area contributed by atoms with Gasteiger partial charge in [0, 0.05) is 22.9 Å². The number of thiophene rings is 1. The van der Waals surface area contributed by atoms with Crippen LogP contribution in [-0.4, -0.2) is 18.2 Å². The maximum absolute atomic E-state index is 6.27. The molecule has 0 aromatic carbocycles. The molecule has 0 spiro atoms. The lowest BCUT2D eigenvalue weighted by atomic mass is 9.97. The molecular formula is C11H12N2OS2. The predicted molar refractivity (Wildman–Crippen MR) is 66.7 cm³/mol. The third-order valence-corrected chi connectivity index (χ3v) is 4.41. The molecular weight excluding hydrogens is 240 g/mol. The van der Waals surface area contributed by atoms with E-state index in [0.29, 0.717) is 6.61 Å². The number of thiazole rings is 1. The predicted octanol–water partition coefficient (Wildman–Crippen LogP) is 2.45. The minimum atomic E-state index is -0.370. The fraction of sp³-hybridized carbons (Fsp3) is 0.364. The summed E-state index contributed by atoms with van der Waals surface area (Å²) in [6.45, 7) is 1.32. The Hall–Kier alpha value is -0.750. The van der Waals surface area contributed by atoms with Crippen molar-refractivity contribution in [2.75, 3.05) is 13.2 Å². The van der Waals surface area contributed by atoms with Gasteiger partial charge in [0.05, 0.1) is 17.8 Å². The first-order chi connectivity index (χ1) is 7.78. The van der Waals surface area contributed by atoms with Crippen LogP contribution < -0.4 is 5.73 Å². The molecule has 0 amide bonds. The summed E-state index contributed by atoms with van der Waals surface area (Å²) in [4.78, 5) is 4.63. The zero-order chi connectivity index (χ0) is 11.0. The van der Waals surface area contributed by atoms with E-state index in [9.17, 15) is 0 Å². The second-order valence-electron chi connectivity index (χ2n) is 4.01. The number of rotatable bonds is 2. The first-order valence-corrected chi connectivity index (χ1v) is 6.95. The molecule has 0 radical (unpaired) electrons. The molecule has 0 bridgehead atoms. The molecule has 2 aromatic heterocycles. The number of nitrogens with zero attached hydrogens (tertiary/aromatic N) is 1. The highest BCUT2D eigenvalue weighted by molar-refractivity contribution is 7.14. The Morgan fingerprint density at radius 1 is 1.44 bits per heavy atom. The minimum Gasteiger partial charge on any atom is -0.379 e. The SMILES string of the molecule is NC1(c2csc(-c3ccsc3)n2)CCOC1. The molecule has 2 N–H and O–H groups in total. The molecule has 3 rings (SSSR count). The van der Waals surface area contributed by atoms with Gasteiger partial charge in [-0.1, -0.05) is 0 Å². The first-order valence-electron chi connectivity index (χ1n) is 5.13. The van der Waals surface area contributed by atoms with Gasteiger partial charge in [0.2, 0.25) is 0 Å². The monoisotopic (exact) mass is 252 g/mol. The van der Waals surface area contributed by atoms with Crippen molar-refractivity contribution in [3.63, 3.8) is 0 Å². The summed E-state index contributed by atoms with van der Waals surface area (Å²) in [5, 5.41) is 7.28. The van der Waals surface area contributed by atoms with E-state index in [1.165, 1.54) is 5.56 Å². The Balaban J connectivity index is 1.93. The Labute approximate surface area is 102 Å². The van der Waals surface area contributed by atoms with Gasteiger partial charge in [-0.05, 0) is 17.9 Å². The van der Waals surface area contributed by atoms with Crippen molar-refractivity contribution in [2.24, 2.45) is 5.73 Å². The van der Waals surface area contributed by atoms with Gasteiger partial charge in [-0.2, -0.15) is 11.3 Å². The summed E-state index contributed by atoms with van der Waals surface area (Å²) in [7, 11) is 0. The third-order valence-electron chi connectivity index (χ3n) is 2.83. The quantitative estimate of drug-likeness (QED) is 0.893. The van der Waals surface area contributed by atoms with Gasteiger partial charge in [-0.15, -0.1) is 11.3 Å². The number of nitrogens with two attached hydrogens (primary N) is 1. The van der Waals surface area contributed by atoms with Crippen molar-refractivity contribution >= 4 is 22.7 Å². The largest absolute Gasteiger partial charge is 0.379 e. The van der Waals surface area contributed by atoms with Gasteiger partial charge < -0.3 is 10.5 Å². The molecule has 5 heteroatoms. The van der Waals surface area contributed by atoms with E-state index in [4.69, 9.17) is 10.5 Å². The minimum absolute atomic E-state index is 0.370. The summed E-state index contributed by atoms with van der Waals surface area (Å²) in [6, 6.07) is 2.08. The molecule has 1 aliphatic rings. The second kappa shape index (κ2) is 3.92. The lowest BCUT2D eigenvalue weighted by molar-refractivity contribution is 0.177. The van der Waals surface area contributed by atoms with Gasteiger partial charge in [0.25, 0.3) is 0 Å². The average Bonchev–Trinajstić information content (AvgIpc) is 2.98. The number of ether oxygens (including phenoxy) is 1. The number of hydrogen-bond acceptors (Lipinski definition) is 5. The van der Waals surface area contributed by atoms with Crippen LogP contribution in [0.15, 0.2) is 22.2 Å². The van der Waals surface area contributed by atoms with E-state index >= 15 is 0 Å². The summed E-state index contributed by atoms with van der Waals surface area (Å²) >= 11 is 3.34. The van der Waals surface area contributed by atoms with Crippen LogP contribution in [0.4, 0.5) is 0 Å². The molecule has 1 fully saturated rings. The van der Waals surface area contributed by atoms with Crippen LogP contribution in [0.5, 0.6) is 0 Å². The van der Waals surface area contributed by atoms with Crippen LogP contribution >= 0.6 is 22.7 Å². The zero-order valence-corrected chi connectivity index (χ0v) is 10.3. The van der Waals surface area contributed by atoms with Crippen molar-refractivity contribution in [2.45, 2.75) is 12.0 Å². The molecule has 1 atom stereocenters. The smallest absolute Gasteiger partial charge is 0.124 e. The van der Waals surface area contributed by atoms with Crippen molar-refractivity contribution < 1.29 is 4.74 Å². The molecule has 0 aliphatic carbocycles. The Morgan fingerprint density at radius 3 is 3.06 bits per heavy atom. The highest BCUT2D eigenvalue weighted by atomic mass is 32.1. The highest BCUT2D eigenvalue weighted by Gasteiger charge is 2.34. The van der Waals surface area contributed by atoms with Crippen molar-refractivity contribution in [1.82, 2.24) is 4.98 Å². The Bertz CT molecular complexity index is 472. The Morgan fingerprint density at radius 2 is 2.38 bits per heavy atom. The van der Waals surface area contributed by atoms with E-state index in [1.807, 2.05) is 0 Å². The first kappa shape index (κ1) is 10.4. The normalized spacial score (nSPS) is 25.1. The summed E-state index contributed by atoms with van der Waals surface area (Å²) in [5.74, 6) is 0. The van der Waals surface area contributed by atoms with Crippen LogP contribution in [0, 0.1) is 0 Å². The van der Waals surface area contributed by atoms with E-state index in [-0.39, 0.29) is 5.54 Å². The maximum atomic E-state index is 6.27. The molecule has 1 saturated heterocycles. The second-order valence-corrected chi connectivity index (χ2v) is 5.65. The van der Waals surface area contributed by atoms with E-state index in [2.05, 4.69) is 27.2 Å². The van der Waals surface area contributed by atoms with Gasteiger partial charge in [-0.25, -0.2) is 4.98 Å². The lowest BCUT2D eigenvalue weighted by Gasteiger charge is -2.18. The molecule has 3 heterocycles. The molecule has 16 heavy (non-hydrogen) atoms. The molecule has 3 nitrogen and oxygen atoms in total. The lowest BCUT2D eigenvalue weighted by Crippen LogP contribution is -2.37. The fourth-order valence-electron chi connectivity index (χ4n) is 1.80. The van der Waals surface area contributed by atoms with Crippen LogP contribution in [0.2, 0.25) is 0 Å². The van der Waals surface area contributed by atoms with Gasteiger partial charge in [-0.3, -0.25) is 0 Å². The van der Waals surface area contributed by atoms with Crippen LogP contribution in [0.1, 0.15) is 12.1 Å². The summed E-state index contributed by atoms with van der Waals surface area (Å²) < 4.78 is 5.36. The Kier molecular flexibility index (Phi) is 2.55. The molecule has 1 unspecified atom stereocenters. The number of hydrogen-bond donors (Lipinski definition) is 1. The van der Waals surface area contributed by atoms with Crippen molar-refractivity contribution in [3.05, 3.63) is 27.9 Å². The zero-order valence-electron chi connectivity index (χ0n) is 8.68.